The molecule has 2 nitrogen and oxygen atoms in total. The van der Waals surface area contributed by atoms with Crippen LogP contribution in [0.5, 0.6) is 0 Å². The molecule has 0 bridgehead atoms. The molecule has 0 saturated carbocycles. The van der Waals surface area contributed by atoms with Crippen molar-refractivity contribution in [2.24, 2.45) is 0 Å². The Bertz CT molecular complexity index is 310. The Kier molecular flexibility index (Phi) is 10.3. The molecule has 0 aliphatic rings. The van der Waals surface area contributed by atoms with Gasteiger partial charge in [0.2, 0.25) is 0 Å². The molecule has 0 fully saturated rings. The average Bonchev–Trinajstić information content (AvgIpc) is 2.49. The SMILES string of the molecule is CCCCCCCCCCC(O)OCc1ccccc1. The van der Waals surface area contributed by atoms with Crippen molar-refractivity contribution < 1.29 is 9.84 Å². The normalized spacial score (nSPS) is 12.5. The molecule has 1 aromatic carbocycles. The highest BCUT2D eigenvalue weighted by molar-refractivity contribution is 5.13. The summed E-state index contributed by atoms with van der Waals surface area (Å²) in [7, 11) is 0. The van der Waals surface area contributed by atoms with E-state index in [0.717, 1.165) is 18.4 Å². The van der Waals surface area contributed by atoms with E-state index in [4.69, 9.17) is 4.74 Å². The second-order valence-electron chi connectivity index (χ2n) is 5.51. The van der Waals surface area contributed by atoms with Gasteiger partial charge in [0.15, 0.2) is 6.29 Å². The first kappa shape index (κ1) is 17.2. The quantitative estimate of drug-likeness (QED) is 0.428. The lowest BCUT2D eigenvalue weighted by molar-refractivity contribution is -0.112. The van der Waals surface area contributed by atoms with Crippen molar-refractivity contribution in [3.63, 3.8) is 0 Å². The maximum Gasteiger partial charge on any atom is 0.154 e. The van der Waals surface area contributed by atoms with E-state index in [1.807, 2.05) is 30.3 Å². The summed E-state index contributed by atoms with van der Waals surface area (Å²) in [5, 5.41) is 9.76. The van der Waals surface area contributed by atoms with Gasteiger partial charge in [-0.1, -0.05) is 82.2 Å². The fraction of sp³-hybridized carbons (Fsp3) is 0.667. The van der Waals surface area contributed by atoms with Crippen molar-refractivity contribution in [1.82, 2.24) is 0 Å². The van der Waals surface area contributed by atoms with Crippen molar-refractivity contribution in [3.8, 4) is 0 Å². The molecule has 0 saturated heterocycles. The number of rotatable bonds is 12. The second kappa shape index (κ2) is 11.9. The molecule has 1 rings (SSSR count). The number of benzene rings is 1. The minimum Gasteiger partial charge on any atom is -0.368 e. The van der Waals surface area contributed by atoms with Gasteiger partial charge in [-0.3, -0.25) is 0 Å². The highest BCUT2D eigenvalue weighted by Gasteiger charge is 2.04. The van der Waals surface area contributed by atoms with Gasteiger partial charge in [0.1, 0.15) is 0 Å². The van der Waals surface area contributed by atoms with Crippen LogP contribution >= 0.6 is 0 Å². The lowest BCUT2D eigenvalue weighted by Gasteiger charge is -2.11. The molecule has 1 atom stereocenters. The number of unbranched alkanes of at least 4 members (excludes halogenated alkanes) is 7. The number of ether oxygens (including phenoxy) is 1. The summed E-state index contributed by atoms with van der Waals surface area (Å²) >= 11 is 0. The van der Waals surface area contributed by atoms with Crippen LogP contribution in [0, 0.1) is 0 Å². The fourth-order valence-electron chi connectivity index (χ4n) is 2.30. The second-order valence-corrected chi connectivity index (χ2v) is 5.51. The van der Waals surface area contributed by atoms with Crippen LogP contribution in [0.3, 0.4) is 0 Å². The maximum absolute atomic E-state index is 9.76. The third-order valence-electron chi connectivity index (χ3n) is 3.59. The van der Waals surface area contributed by atoms with Gasteiger partial charge < -0.3 is 9.84 Å². The molecule has 1 aromatic rings. The minimum absolute atomic E-state index is 0.499. The van der Waals surface area contributed by atoms with E-state index in [9.17, 15) is 5.11 Å². The average molecular weight is 278 g/mol. The first-order valence-electron chi connectivity index (χ1n) is 8.16. The molecule has 0 aromatic heterocycles. The zero-order valence-corrected chi connectivity index (χ0v) is 12.9. The van der Waals surface area contributed by atoms with Crippen molar-refractivity contribution in [1.29, 1.82) is 0 Å². The number of aliphatic hydroxyl groups excluding tert-OH is 1. The van der Waals surface area contributed by atoms with E-state index >= 15 is 0 Å². The van der Waals surface area contributed by atoms with Crippen molar-refractivity contribution >= 4 is 0 Å². The van der Waals surface area contributed by atoms with Crippen LogP contribution < -0.4 is 0 Å². The van der Waals surface area contributed by atoms with Gasteiger partial charge in [-0.05, 0) is 18.4 Å². The van der Waals surface area contributed by atoms with Gasteiger partial charge in [0.25, 0.3) is 0 Å². The van der Waals surface area contributed by atoms with Crippen LogP contribution in [0.15, 0.2) is 30.3 Å². The third-order valence-corrected chi connectivity index (χ3v) is 3.59. The summed E-state index contributed by atoms with van der Waals surface area (Å²) in [6.07, 6.45) is 10.4. The van der Waals surface area contributed by atoms with E-state index in [2.05, 4.69) is 6.92 Å². The maximum atomic E-state index is 9.76. The monoisotopic (exact) mass is 278 g/mol. The first-order chi connectivity index (χ1) is 9.83. The topological polar surface area (TPSA) is 29.5 Å². The molecule has 0 aliphatic carbocycles. The van der Waals surface area contributed by atoms with Crippen molar-refractivity contribution in [2.45, 2.75) is 77.6 Å². The number of aliphatic hydroxyl groups is 1. The Morgan fingerprint density at radius 2 is 1.50 bits per heavy atom. The molecule has 20 heavy (non-hydrogen) atoms. The molecule has 2 heteroatoms. The predicted molar refractivity (Wildman–Crippen MR) is 84.5 cm³/mol. The summed E-state index contributed by atoms with van der Waals surface area (Å²) in [5.41, 5.74) is 1.11. The predicted octanol–water partition coefficient (Wildman–Crippen LogP) is 5.05. The lowest BCUT2D eigenvalue weighted by Crippen LogP contribution is -2.11. The van der Waals surface area contributed by atoms with Gasteiger partial charge >= 0.3 is 0 Å². The third kappa shape index (κ3) is 9.11. The fourth-order valence-corrected chi connectivity index (χ4v) is 2.30. The van der Waals surface area contributed by atoms with E-state index in [1.54, 1.807) is 0 Å². The molecule has 114 valence electrons. The van der Waals surface area contributed by atoms with Crippen LogP contribution in [0.4, 0.5) is 0 Å². The van der Waals surface area contributed by atoms with Crippen LogP contribution in [0.1, 0.15) is 70.3 Å². The Morgan fingerprint density at radius 1 is 0.900 bits per heavy atom. The molecule has 0 heterocycles. The Labute approximate surface area is 124 Å². The lowest BCUT2D eigenvalue weighted by atomic mass is 10.1. The molecular formula is C18H30O2. The van der Waals surface area contributed by atoms with E-state index in [1.165, 1.54) is 44.9 Å². The summed E-state index contributed by atoms with van der Waals surface area (Å²) < 4.78 is 5.44. The highest BCUT2D eigenvalue weighted by Crippen LogP contribution is 2.12. The molecular weight excluding hydrogens is 248 g/mol. The van der Waals surface area contributed by atoms with Gasteiger partial charge in [0.05, 0.1) is 6.61 Å². The van der Waals surface area contributed by atoms with Crippen LogP contribution in [0.2, 0.25) is 0 Å². The van der Waals surface area contributed by atoms with Crippen LogP contribution in [-0.4, -0.2) is 11.4 Å². The largest absolute Gasteiger partial charge is 0.368 e. The molecule has 1 N–H and O–H groups in total. The van der Waals surface area contributed by atoms with Gasteiger partial charge in [-0.15, -0.1) is 0 Å². The first-order valence-corrected chi connectivity index (χ1v) is 8.16. The zero-order chi connectivity index (χ0) is 14.5. The highest BCUT2D eigenvalue weighted by atomic mass is 16.6. The standard InChI is InChI=1S/C18H30O2/c1-2-3-4-5-6-7-8-12-15-18(19)20-16-17-13-10-9-11-14-17/h9-11,13-14,18-19H,2-8,12,15-16H2,1H3. The number of hydrogen-bond acceptors (Lipinski definition) is 2. The Balaban J connectivity index is 1.91. The molecule has 1 unspecified atom stereocenters. The minimum atomic E-state index is -0.615. The van der Waals surface area contributed by atoms with Crippen molar-refractivity contribution in [2.75, 3.05) is 0 Å². The summed E-state index contributed by atoms with van der Waals surface area (Å²) in [6, 6.07) is 10.00. The summed E-state index contributed by atoms with van der Waals surface area (Å²) in [4.78, 5) is 0. The molecule has 0 spiro atoms. The van der Waals surface area contributed by atoms with E-state index in [0.29, 0.717) is 6.61 Å². The van der Waals surface area contributed by atoms with Crippen LogP contribution in [0.25, 0.3) is 0 Å². The number of hydrogen-bond donors (Lipinski definition) is 1. The van der Waals surface area contributed by atoms with Gasteiger partial charge in [-0.25, -0.2) is 0 Å². The van der Waals surface area contributed by atoms with Crippen molar-refractivity contribution in [3.05, 3.63) is 35.9 Å². The Hall–Kier alpha value is -0.860. The van der Waals surface area contributed by atoms with Gasteiger partial charge in [0, 0.05) is 0 Å². The molecule has 0 radical (unpaired) electrons. The molecule has 0 aliphatic heterocycles. The molecule has 0 amide bonds. The zero-order valence-electron chi connectivity index (χ0n) is 12.9. The summed E-state index contributed by atoms with van der Waals surface area (Å²) in [6.45, 7) is 2.75. The van der Waals surface area contributed by atoms with Crippen LogP contribution in [-0.2, 0) is 11.3 Å². The summed E-state index contributed by atoms with van der Waals surface area (Å²) in [5.74, 6) is 0. The van der Waals surface area contributed by atoms with Gasteiger partial charge in [-0.2, -0.15) is 0 Å². The smallest absolute Gasteiger partial charge is 0.154 e. The Morgan fingerprint density at radius 3 is 2.15 bits per heavy atom. The van der Waals surface area contributed by atoms with E-state index < -0.39 is 6.29 Å². The van der Waals surface area contributed by atoms with E-state index in [-0.39, 0.29) is 0 Å².